The molecule has 0 aliphatic carbocycles. The van der Waals surface area contributed by atoms with Crippen molar-refractivity contribution in [1.82, 2.24) is 5.32 Å². The molecule has 1 aliphatic heterocycles. The summed E-state index contributed by atoms with van der Waals surface area (Å²) >= 11 is 0. The van der Waals surface area contributed by atoms with Crippen LogP contribution in [0.5, 0.6) is 0 Å². The molecule has 21 heavy (non-hydrogen) atoms. The van der Waals surface area contributed by atoms with Gasteiger partial charge in [0.15, 0.2) is 0 Å². The third kappa shape index (κ3) is 10.1. The molecule has 1 rings (SSSR count). The van der Waals surface area contributed by atoms with Crippen LogP contribution in [0.3, 0.4) is 0 Å². The lowest BCUT2D eigenvalue weighted by Crippen LogP contribution is -2.28. The van der Waals surface area contributed by atoms with E-state index in [2.05, 4.69) is 18.8 Å². The third-order valence-electron chi connectivity index (χ3n) is 5.04. The van der Waals surface area contributed by atoms with Gasteiger partial charge in [-0.25, -0.2) is 0 Å². The Morgan fingerprint density at radius 3 is 1.86 bits per heavy atom. The Kier molecular flexibility index (Phi) is 11.9. The van der Waals surface area contributed by atoms with Crippen LogP contribution in [-0.2, 0) is 0 Å². The summed E-state index contributed by atoms with van der Waals surface area (Å²) in [7, 11) is 0. The van der Waals surface area contributed by atoms with Crippen LogP contribution in [0.4, 0.5) is 0 Å². The van der Waals surface area contributed by atoms with Gasteiger partial charge >= 0.3 is 0 Å². The van der Waals surface area contributed by atoms with E-state index in [1.54, 1.807) is 0 Å². The fourth-order valence-corrected chi connectivity index (χ4v) is 3.55. The van der Waals surface area contributed by atoms with Crippen molar-refractivity contribution in [3.8, 4) is 0 Å². The van der Waals surface area contributed by atoms with Crippen LogP contribution in [0.15, 0.2) is 12.7 Å². The Hall–Kier alpha value is -0.300. The second-order valence-electron chi connectivity index (χ2n) is 6.95. The molecule has 1 heteroatoms. The Morgan fingerprint density at radius 1 is 0.810 bits per heavy atom. The Balaban J connectivity index is 1.74. The molecule has 1 N–H and O–H groups in total. The van der Waals surface area contributed by atoms with Gasteiger partial charge in [-0.05, 0) is 38.5 Å². The first-order valence-corrected chi connectivity index (χ1v) is 9.73. The van der Waals surface area contributed by atoms with Gasteiger partial charge in [-0.2, -0.15) is 0 Å². The molecule has 0 aromatic carbocycles. The molecule has 0 radical (unpaired) electrons. The first kappa shape index (κ1) is 18.7. The number of allylic oxidation sites excluding steroid dienone is 1. The molecule has 1 fully saturated rings. The predicted octanol–water partition coefficient (Wildman–Crippen LogP) is 6.38. The van der Waals surface area contributed by atoms with E-state index in [9.17, 15) is 0 Å². The van der Waals surface area contributed by atoms with Gasteiger partial charge < -0.3 is 5.32 Å². The molecule has 0 aromatic heterocycles. The minimum atomic E-state index is 0.821. The third-order valence-corrected chi connectivity index (χ3v) is 5.04. The summed E-state index contributed by atoms with van der Waals surface area (Å²) in [5.74, 6) is 0. The van der Waals surface area contributed by atoms with Crippen LogP contribution in [-0.4, -0.2) is 12.1 Å². The van der Waals surface area contributed by atoms with Crippen molar-refractivity contribution in [1.29, 1.82) is 0 Å². The van der Waals surface area contributed by atoms with Crippen molar-refractivity contribution in [2.75, 3.05) is 0 Å². The van der Waals surface area contributed by atoms with Gasteiger partial charge in [0, 0.05) is 12.1 Å². The van der Waals surface area contributed by atoms with Gasteiger partial charge in [0.25, 0.3) is 0 Å². The van der Waals surface area contributed by atoms with Crippen molar-refractivity contribution < 1.29 is 0 Å². The Bertz CT molecular complexity index is 236. The van der Waals surface area contributed by atoms with E-state index in [4.69, 9.17) is 0 Å². The molecule has 2 unspecified atom stereocenters. The topological polar surface area (TPSA) is 12.0 Å². The van der Waals surface area contributed by atoms with Crippen LogP contribution in [0.2, 0.25) is 0 Å². The lowest BCUT2D eigenvalue weighted by molar-refractivity contribution is 0.472. The molecule has 0 spiro atoms. The first-order chi connectivity index (χ1) is 10.4. The molecule has 2 atom stereocenters. The monoisotopic (exact) mass is 293 g/mol. The van der Waals surface area contributed by atoms with Gasteiger partial charge in [-0.1, -0.05) is 70.8 Å². The normalized spacial score (nSPS) is 21.8. The summed E-state index contributed by atoms with van der Waals surface area (Å²) in [5.41, 5.74) is 0. The zero-order chi connectivity index (χ0) is 15.2. The van der Waals surface area contributed by atoms with Crippen LogP contribution in [0.25, 0.3) is 0 Å². The highest BCUT2D eigenvalue weighted by Crippen LogP contribution is 2.20. The predicted molar refractivity (Wildman–Crippen MR) is 95.8 cm³/mol. The average Bonchev–Trinajstić information content (AvgIpc) is 2.96. The van der Waals surface area contributed by atoms with Crippen LogP contribution in [0.1, 0.15) is 103 Å². The number of hydrogen-bond donors (Lipinski definition) is 1. The van der Waals surface area contributed by atoms with E-state index >= 15 is 0 Å². The summed E-state index contributed by atoms with van der Waals surface area (Å²) in [6.45, 7) is 6.08. The van der Waals surface area contributed by atoms with Crippen molar-refractivity contribution in [3.05, 3.63) is 12.7 Å². The minimum Gasteiger partial charge on any atom is -0.311 e. The Morgan fingerprint density at radius 2 is 1.33 bits per heavy atom. The molecule has 124 valence electrons. The number of rotatable bonds is 14. The molecule has 1 aliphatic rings. The second-order valence-corrected chi connectivity index (χ2v) is 6.95. The molecular formula is C20H39N. The van der Waals surface area contributed by atoms with Gasteiger partial charge in [0.2, 0.25) is 0 Å². The number of hydrogen-bond acceptors (Lipinski definition) is 1. The molecular weight excluding hydrogens is 254 g/mol. The van der Waals surface area contributed by atoms with Crippen molar-refractivity contribution in [2.45, 2.75) is 115 Å². The van der Waals surface area contributed by atoms with Gasteiger partial charge in [-0.15, -0.1) is 6.58 Å². The van der Waals surface area contributed by atoms with Crippen molar-refractivity contribution >= 4 is 0 Å². The van der Waals surface area contributed by atoms with Gasteiger partial charge in [-0.3, -0.25) is 0 Å². The van der Waals surface area contributed by atoms with Gasteiger partial charge in [0.1, 0.15) is 0 Å². The smallest absolute Gasteiger partial charge is 0.00702 e. The minimum absolute atomic E-state index is 0.821. The summed E-state index contributed by atoms with van der Waals surface area (Å²) in [4.78, 5) is 0. The fourth-order valence-electron chi connectivity index (χ4n) is 3.55. The maximum absolute atomic E-state index is 3.77. The molecule has 1 nitrogen and oxygen atoms in total. The van der Waals surface area contributed by atoms with E-state index in [1.807, 2.05) is 6.08 Å². The zero-order valence-corrected chi connectivity index (χ0v) is 14.5. The van der Waals surface area contributed by atoms with Crippen molar-refractivity contribution in [2.24, 2.45) is 0 Å². The Labute approximate surface area is 134 Å². The van der Waals surface area contributed by atoms with Crippen LogP contribution >= 0.6 is 0 Å². The highest BCUT2D eigenvalue weighted by Gasteiger charge is 2.21. The number of nitrogens with one attached hydrogen (secondary N) is 1. The first-order valence-electron chi connectivity index (χ1n) is 9.73. The van der Waals surface area contributed by atoms with E-state index in [-0.39, 0.29) is 0 Å². The molecule has 0 bridgehead atoms. The van der Waals surface area contributed by atoms with Crippen LogP contribution < -0.4 is 5.32 Å². The average molecular weight is 294 g/mol. The zero-order valence-electron chi connectivity index (χ0n) is 14.5. The molecule has 1 heterocycles. The summed E-state index contributed by atoms with van der Waals surface area (Å²) in [5, 5.41) is 3.77. The maximum Gasteiger partial charge on any atom is 0.00702 e. The summed E-state index contributed by atoms with van der Waals surface area (Å²) in [6.07, 6.45) is 23.2. The lowest BCUT2D eigenvalue weighted by Gasteiger charge is -2.12. The molecule has 0 aromatic rings. The number of unbranched alkanes of at least 4 members (excludes halogenated alkanes) is 10. The van der Waals surface area contributed by atoms with E-state index in [1.165, 1.54) is 96.3 Å². The van der Waals surface area contributed by atoms with Gasteiger partial charge in [0.05, 0.1) is 0 Å². The highest BCUT2D eigenvalue weighted by molar-refractivity contribution is 4.82. The largest absolute Gasteiger partial charge is 0.311 e. The molecule has 0 saturated carbocycles. The molecule has 1 saturated heterocycles. The SMILES string of the molecule is C=CCCCCCCCCCCCCC1CCC(CC)N1. The summed E-state index contributed by atoms with van der Waals surface area (Å²) < 4.78 is 0. The maximum atomic E-state index is 3.77. The molecule has 0 amide bonds. The second kappa shape index (κ2) is 13.4. The standard InChI is InChI=1S/C20H39N/c1-3-5-6-7-8-9-10-11-12-13-14-15-16-20-18-17-19(4-2)21-20/h3,19-21H,1,4-18H2,2H3. The van der Waals surface area contributed by atoms with E-state index in [0.29, 0.717) is 0 Å². The summed E-state index contributed by atoms with van der Waals surface area (Å²) in [6, 6.07) is 1.66. The van der Waals surface area contributed by atoms with Crippen molar-refractivity contribution in [3.63, 3.8) is 0 Å². The lowest BCUT2D eigenvalue weighted by atomic mass is 10.0. The fraction of sp³-hybridized carbons (Fsp3) is 0.900. The van der Waals surface area contributed by atoms with E-state index < -0.39 is 0 Å². The quantitative estimate of drug-likeness (QED) is 0.289. The highest BCUT2D eigenvalue weighted by atomic mass is 15.0. The van der Waals surface area contributed by atoms with E-state index in [0.717, 1.165) is 12.1 Å². The van der Waals surface area contributed by atoms with Crippen LogP contribution in [0, 0.1) is 0 Å².